The van der Waals surface area contributed by atoms with Crippen molar-refractivity contribution in [2.75, 3.05) is 30.7 Å². The zero-order valence-electron chi connectivity index (χ0n) is 19.7. The van der Waals surface area contributed by atoms with Gasteiger partial charge < -0.3 is 14.2 Å². The number of benzene rings is 3. The van der Waals surface area contributed by atoms with E-state index in [0.717, 1.165) is 16.4 Å². The lowest BCUT2D eigenvalue weighted by atomic mass is 10.2. The van der Waals surface area contributed by atoms with E-state index in [9.17, 15) is 17.6 Å². The molecule has 11 heteroatoms. The van der Waals surface area contributed by atoms with Crippen molar-refractivity contribution in [2.45, 2.75) is 4.90 Å². The van der Waals surface area contributed by atoms with Gasteiger partial charge in [0.05, 0.1) is 16.8 Å². The van der Waals surface area contributed by atoms with Crippen molar-refractivity contribution in [3.63, 3.8) is 0 Å². The number of halogens is 1. The molecule has 37 heavy (non-hydrogen) atoms. The number of hydrogen-bond donors (Lipinski definition) is 1. The molecule has 0 aliphatic carbocycles. The molecule has 0 fully saturated rings. The van der Waals surface area contributed by atoms with Gasteiger partial charge in [-0.25, -0.2) is 18.2 Å². The van der Waals surface area contributed by atoms with Gasteiger partial charge >= 0.3 is 0 Å². The van der Waals surface area contributed by atoms with Crippen molar-refractivity contribution in [1.29, 1.82) is 0 Å². The summed E-state index contributed by atoms with van der Waals surface area (Å²) in [6.45, 7) is 3.96. The van der Waals surface area contributed by atoms with Crippen LogP contribution in [-0.4, -0.2) is 46.9 Å². The van der Waals surface area contributed by atoms with Crippen LogP contribution in [0.4, 0.5) is 10.1 Å². The molecule has 0 unspecified atom stereocenters. The van der Waals surface area contributed by atoms with Crippen molar-refractivity contribution in [3.05, 3.63) is 90.8 Å². The topological polar surface area (TPSA) is 107 Å². The number of anilines is 1. The molecule has 1 aliphatic heterocycles. The molecule has 3 aromatic rings. The molecule has 0 saturated heterocycles. The van der Waals surface area contributed by atoms with Gasteiger partial charge in [0, 0.05) is 6.07 Å². The average Bonchev–Trinajstić information content (AvgIpc) is 2.91. The summed E-state index contributed by atoms with van der Waals surface area (Å²) in [6, 6.07) is 15.9. The molecule has 9 nitrogen and oxygen atoms in total. The second-order valence-electron chi connectivity index (χ2n) is 7.76. The molecule has 0 aromatic heterocycles. The fraction of sp³-hybridized carbons (Fsp3) is 0.154. The number of hydrazone groups is 1. The maximum atomic E-state index is 13.6. The van der Waals surface area contributed by atoms with Crippen LogP contribution in [0.25, 0.3) is 0 Å². The summed E-state index contributed by atoms with van der Waals surface area (Å²) < 4.78 is 57.9. The van der Waals surface area contributed by atoms with Crippen LogP contribution in [-0.2, 0) is 14.8 Å². The first kappa shape index (κ1) is 25.7. The van der Waals surface area contributed by atoms with Gasteiger partial charge in [0.1, 0.15) is 37.9 Å². The third kappa shape index (κ3) is 6.44. The molecule has 4 rings (SSSR count). The van der Waals surface area contributed by atoms with E-state index in [0.29, 0.717) is 30.3 Å². The molecule has 1 aliphatic rings. The summed E-state index contributed by atoms with van der Waals surface area (Å²) in [4.78, 5) is 12.6. The van der Waals surface area contributed by atoms with Gasteiger partial charge in [-0.2, -0.15) is 5.10 Å². The maximum absolute atomic E-state index is 13.6. The SMILES string of the molecule is C=CCOc1cccc(/C=N\NC(=O)CN(c2ccc(F)cc2)S(=O)(=O)c2ccc3c(c2)OCCO3)c1. The minimum Gasteiger partial charge on any atom is -0.490 e. The van der Waals surface area contributed by atoms with E-state index in [1.807, 2.05) is 0 Å². The summed E-state index contributed by atoms with van der Waals surface area (Å²) in [6.07, 6.45) is 3.02. The third-order valence-corrected chi connectivity index (χ3v) is 6.90. The Balaban J connectivity index is 1.54. The smallest absolute Gasteiger partial charge is 0.264 e. The second-order valence-corrected chi connectivity index (χ2v) is 9.62. The van der Waals surface area contributed by atoms with E-state index in [1.165, 1.54) is 36.5 Å². The van der Waals surface area contributed by atoms with Crippen molar-refractivity contribution >= 4 is 27.8 Å². The Bertz CT molecular complexity index is 1410. The van der Waals surface area contributed by atoms with Gasteiger partial charge in [0.2, 0.25) is 0 Å². The van der Waals surface area contributed by atoms with Crippen molar-refractivity contribution in [3.8, 4) is 17.2 Å². The largest absolute Gasteiger partial charge is 0.490 e. The number of hydrogen-bond acceptors (Lipinski definition) is 7. The fourth-order valence-electron chi connectivity index (χ4n) is 3.42. The summed E-state index contributed by atoms with van der Waals surface area (Å²) in [5.41, 5.74) is 3.08. The third-order valence-electron chi connectivity index (χ3n) is 5.13. The maximum Gasteiger partial charge on any atom is 0.264 e. The number of sulfonamides is 1. The first-order valence-corrected chi connectivity index (χ1v) is 12.6. The molecule has 3 aromatic carbocycles. The van der Waals surface area contributed by atoms with Crippen LogP contribution < -0.4 is 23.9 Å². The van der Waals surface area contributed by atoms with Crippen LogP contribution in [0.15, 0.2) is 89.4 Å². The quantitative estimate of drug-likeness (QED) is 0.247. The number of amides is 1. The first-order valence-electron chi connectivity index (χ1n) is 11.2. The van der Waals surface area contributed by atoms with Gasteiger partial charge in [-0.15, -0.1) is 0 Å². The van der Waals surface area contributed by atoms with Gasteiger partial charge in [-0.1, -0.05) is 24.8 Å². The van der Waals surface area contributed by atoms with Crippen LogP contribution in [0.3, 0.4) is 0 Å². The Morgan fingerprint density at radius 1 is 1.08 bits per heavy atom. The van der Waals surface area contributed by atoms with Crippen LogP contribution in [0.2, 0.25) is 0 Å². The van der Waals surface area contributed by atoms with E-state index in [4.69, 9.17) is 14.2 Å². The molecular weight excluding hydrogens is 501 g/mol. The van der Waals surface area contributed by atoms with Gasteiger partial charge in [0.15, 0.2) is 11.5 Å². The summed E-state index contributed by atoms with van der Waals surface area (Å²) in [5, 5.41) is 3.92. The fourth-order valence-corrected chi connectivity index (χ4v) is 4.86. The molecular formula is C26H24FN3O6S. The van der Waals surface area contributed by atoms with Gasteiger partial charge in [-0.05, 0) is 54.1 Å². The number of carbonyl (C=O) groups is 1. The lowest BCUT2D eigenvalue weighted by Crippen LogP contribution is -2.39. The summed E-state index contributed by atoms with van der Waals surface area (Å²) >= 11 is 0. The normalized spacial score (nSPS) is 12.7. The molecule has 1 heterocycles. The Labute approximate surface area is 213 Å². The van der Waals surface area contributed by atoms with E-state index >= 15 is 0 Å². The standard InChI is InChI=1S/C26H24FN3O6S/c1-2-12-34-22-5-3-4-19(15-22)17-28-29-26(31)18-30(21-8-6-20(27)7-9-21)37(32,33)23-10-11-24-25(16-23)36-14-13-35-24/h2-11,15-17H,1,12-14,18H2,(H,29,31)/b28-17-. The molecule has 0 spiro atoms. The van der Waals surface area contributed by atoms with Crippen LogP contribution in [0.1, 0.15) is 5.56 Å². The number of carbonyl (C=O) groups excluding carboxylic acids is 1. The van der Waals surface area contributed by atoms with Crippen molar-refractivity contribution < 1.29 is 31.8 Å². The summed E-state index contributed by atoms with van der Waals surface area (Å²) in [5.74, 6) is 0.0435. The monoisotopic (exact) mass is 525 g/mol. The lowest BCUT2D eigenvalue weighted by Gasteiger charge is -2.25. The van der Waals surface area contributed by atoms with Crippen LogP contribution >= 0.6 is 0 Å². The van der Waals surface area contributed by atoms with E-state index in [2.05, 4.69) is 17.1 Å². The number of nitrogens with zero attached hydrogens (tertiary/aromatic N) is 2. The Morgan fingerprint density at radius 2 is 1.84 bits per heavy atom. The zero-order valence-corrected chi connectivity index (χ0v) is 20.5. The second kappa shape index (κ2) is 11.6. The van der Waals surface area contributed by atoms with Crippen molar-refractivity contribution in [2.24, 2.45) is 5.10 Å². The highest BCUT2D eigenvalue weighted by molar-refractivity contribution is 7.92. The van der Waals surface area contributed by atoms with Gasteiger partial charge in [-0.3, -0.25) is 9.10 Å². The number of fused-ring (bicyclic) bond motifs is 1. The lowest BCUT2D eigenvalue weighted by molar-refractivity contribution is -0.119. The molecule has 192 valence electrons. The first-order chi connectivity index (χ1) is 17.9. The molecule has 0 bridgehead atoms. The minimum atomic E-state index is -4.25. The molecule has 1 amide bonds. The van der Waals surface area contributed by atoms with E-state index < -0.39 is 28.3 Å². The highest BCUT2D eigenvalue weighted by Crippen LogP contribution is 2.34. The highest BCUT2D eigenvalue weighted by Gasteiger charge is 2.29. The van der Waals surface area contributed by atoms with E-state index in [-0.39, 0.29) is 22.9 Å². The summed E-state index contributed by atoms with van der Waals surface area (Å²) in [7, 11) is -4.25. The highest BCUT2D eigenvalue weighted by atomic mass is 32.2. The molecule has 0 atom stereocenters. The number of nitrogens with one attached hydrogen (secondary N) is 1. The Hall–Kier alpha value is -4.38. The Morgan fingerprint density at radius 3 is 2.59 bits per heavy atom. The van der Waals surface area contributed by atoms with Crippen LogP contribution in [0, 0.1) is 5.82 Å². The number of rotatable bonds is 10. The predicted molar refractivity (Wildman–Crippen MR) is 136 cm³/mol. The van der Waals surface area contributed by atoms with Crippen molar-refractivity contribution in [1.82, 2.24) is 5.43 Å². The molecule has 0 radical (unpaired) electrons. The molecule has 0 saturated carbocycles. The molecule has 1 N–H and O–H groups in total. The van der Waals surface area contributed by atoms with E-state index in [1.54, 1.807) is 30.3 Å². The average molecular weight is 526 g/mol. The van der Waals surface area contributed by atoms with Crippen LogP contribution in [0.5, 0.6) is 17.2 Å². The zero-order chi connectivity index (χ0) is 26.3. The number of ether oxygens (including phenoxy) is 3. The minimum absolute atomic E-state index is 0.0995. The predicted octanol–water partition coefficient (Wildman–Crippen LogP) is 3.51. The van der Waals surface area contributed by atoms with Gasteiger partial charge in [0.25, 0.3) is 15.9 Å². The Kier molecular flexibility index (Phi) is 8.04.